The Morgan fingerprint density at radius 3 is 2.42 bits per heavy atom. The van der Waals surface area contributed by atoms with Crippen molar-refractivity contribution in [2.75, 3.05) is 11.5 Å². The van der Waals surface area contributed by atoms with Gasteiger partial charge in [0.05, 0.1) is 12.1 Å². The van der Waals surface area contributed by atoms with Crippen LogP contribution in [0.2, 0.25) is 5.02 Å². The lowest BCUT2D eigenvalue weighted by atomic mass is 9.97. The number of benzene rings is 1. The minimum Gasteiger partial charge on any atom is -0.386 e. The SMILES string of the molecule is CCSC1(SCC)N=C(N)C2(C#N)C(c3cccc(Cl)c3)C12C#N. The number of hydrogen-bond acceptors (Lipinski definition) is 6. The minimum absolute atomic E-state index is 0.276. The van der Waals surface area contributed by atoms with Crippen molar-refractivity contribution in [3.8, 4) is 12.1 Å². The number of nitrogens with zero attached hydrogens (tertiary/aromatic N) is 3. The van der Waals surface area contributed by atoms with Crippen LogP contribution in [0.15, 0.2) is 29.3 Å². The van der Waals surface area contributed by atoms with Gasteiger partial charge in [0.15, 0.2) is 4.20 Å². The largest absolute Gasteiger partial charge is 0.386 e. The van der Waals surface area contributed by atoms with Crippen LogP contribution in [0.25, 0.3) is 0 Å². The van der Waals surface area contributed by atoms with Gasteiger partial charge in [-0.1, -0.05) is 37.6 Å². The molecule has 0 radical (unpaired) electrons. The van der Waals surface area contributed by atoms with Gasteiger partial charge in [0.25, 0.3) is 0 Å². The molecule has 2 N–H and O–H groups in total. The summed E-state index contributed by atoms with van der Waals surface area (Å²) in [5, 5.41) is 20.8. The molecule has 1 heterocycles. The van der Waals surface area contributed by atoms with Gasteiger partial charge >= 0.3 is 0 Å². The Morgan fingerprint density at radius 2 is 1.92 bits per heavy atom. The quantitative estimate of drug-likeness (QED) is 0.785. The van der Waals surface area contributed by atoms with E-state index in [1.54, 1.807) is 29.6 Å². The maximum absolute atomic E-state index is 10.2. The first kappa shape index (κ1) is 17.5. The van der Waals surface area contributed by atoms with Gasteiger partial charge in [0, 0.05) is 10.9 Å². The van der Waals surface area contributed by atoms with Crippen molar-refractivity contribution in [3.05, 3.63) is 34.9 Å². The topological polar surface area (TPSA) is 86.0 Å². The van der Waals surface area contributed by atoms with Crippen molar-refractivity contribution in [2.45, 2.75) is 24.0 Å². The van der Waals surface area contributed by atoms with Crippen LogP contribution in [0.3, 0.4) is 0 Å². The number of aliphatic imine (C=N–C) groups is 1. The maximum Gasteiger partial charge on any atom is 0.175 e. The van der Waals surface area contributed by atoms with Gasteiger partial charge in [-0.3, -0.25) is 0 Å². The third kappa shape index (κ3) is 1.85. The molecular weight excluding hydrogens is 360 g/mol. The number of nitriles is 2. The fourth-order valence-electron chi connectivity index (χ4n) is 3.94. The lowest BCUT2D eigenvalue weighted by Gasteiger charge is -2.31. The Balaban J connectivity index is 2.23. The Labute approximate surface area is 155 Å². The monoisotopic (exact) mass is 376 g/mol. The lowest BCUT2D eigenvalue weighted by molar-refractivity contribution is 0.564. The second-order valence-electron chi connectivity index (χ2n) is 5.77. The number of halogens is 1. The Hall–Kier alpha value is -1.34. The van der Waals surface area contributed by atoms with Crippen molar-refractivity contribution in [1.82, 2.24) is 0 Å². The summed E-state index contributed by atoms with van der Waals surface area (Å²) >= 11 is 9.33. The summed E-state index contributed by atoms with van der Waals surface area (Å²) in [7, 11) is 0. The van der Waals surface area contributed by atoms with Crippen molar-refractivity contribution in [1.29, 1.82) is 10.5 Å². The van der Waals surface area contributed by atoms with E-state index in [2.05, 4.69) is 17.1 Å². The number of hydrogen-bond donors (Lipinski definition) is 1. The third-order valence-corrected chi connectivity index (χ3v) is 7.92. The molecule has 1 aromatic carbocycles. The first-order valence-electron chi connectivity index (χ1n) is 7.71. The highest BCUT2D eigenvalue weighted by molar-refractivity contribution is 8.18. The predicted molar refractivity (Wildman–Crippen MR) is 101 cm³/mol. The van der Waals surface area contributed by atoms with Crippen LogP contribution in [0.1, 0.15) is 25.3 Å². The van der Waals surface area contributed by atoms with Gasteiger partial charge in [0.1, 0.15) is 16.7 Å². The number of thioether (sulfide) groups is 2. The summed E-state index contributed by atoms with van der Waals surface area (Å²) in [5.41, 5.74) is 5.08. The molecule has 1 fully saturated rings. The highest BCUT2D eigenvalue weighted by Crippen LogP contribution is 2.85. The molecule has 0 amide bonds. The molecule has 1 aromatic rings. The summed E-state index contributed by atoms with van der Waals surface area (Å²) in [6.07, 6.45) is 0. The van der Waals surface area contributed by atoms with Gasteiger partial charge in [-0.25, -0.2) is 4.99 Å². The zero-order chi connectivity index (χ0) is 17.6. The number of amidine groups is 1. The molecule has 124 valence electrons. The van der Waals surface area contributed by atoms with Crippen molar-refractivity contribution >= 4 is 41.0 Å². The van der Waals surface area contributed by atoms with Crippen LogP contribution in [-0.4, -0.2) is 21.5 Å². The smallest absolute Gasteiger partial charge is 0.175 e. The molecule has 1 aliphatic heterocycles. The highest BCUT2D eigenvalue weighted by Gasteiger charge is 2.91. The van der Waals surface area contributed by atoms with Gasteiger partial charge in [-0.15, -0.1) is 23.5 Å². The molecule has 3 atom stereocenters. The Bertz CT molecular complexity index is 791. The molecule has 7 heteroatoms. The van der Waals surface area contributed by atoms with Crippen LogP contribution in [0.4, 0.5) is 0 Å². The molecule has 3 rings (SSSR count). The normalized spacial score (nSPS) is 32.4. The average molecular weight is 377 g/mol. The van der Waals surface area contributed by atoms with Crippen LogP contribution in [0, 0.1) is 33.5 Å². The van der Waals surface area contributed by atoms with E-state index in [0.29, 0.717) is 5.02 Å². The standard InChI is InChI=1S/C17H17ClN4S2/c1-3-23-17(24-4-2)16(10-20)13(11-6-5-7-12(18)8-11)15(16,9-19)14(21)22-17/h5-8,13H,3-4H2,1-2H3,(H2,21,22). The molecular formula is C17H17ClN4S2. The van der Waals surface area contributed by atoms with Crippen molar-refractivity contribution < 1.29 is 0 Å². The molecule has 0 spiro atoms. The van der Waals surface area contributed by atoms with Gasteiger partial charge in [-0.05, 0) is 29.2 Å². The van der Waals surface area contributed by atoms with Gasteiger partial charge in [0.2, 0.25) is 0 Å². The molecule has 2 aliphatic rings. The van der Waals surface area contributed by atoms with E-state index in [4.69, 9.17) is 17.3 Å². The second kappa shape index (κ2) is 5.88. The molecule has 4 nitrogen and oxygen atoms in total. The van der Waals surface area contributed by atoms with E-state index in [9.17, 15) is 10.5 Å². The van der Waals surface area contributed by atoms with E-state index in [0.717, 1.165) is 17.1 Å². The number of fused-ring (bicyclic) bond motifs is 1. The molecule has 1 aliphatic carbocycles. The summed E-state index contributed by atoms with van der Waals surface area (Å²) < 4.78 is -0.752. The number of rotatable bonds is 5. The Morgan fingerprint density at radius 1 is 1.25 bits per heavy atom. The van der Waals surface area contributed by atoms with Crippen LogP contribution in [-0.2, 0) is 0 Å². The fourth-order valence-corrected chi connectivity index (χ4v) is 7.39. The molecule has 0 aromatic heterocycles. The van der Waals surface area contributed by atoms with E-state index in [-0.39, 0.29) is 11.8 Å². The molecule has 1 saturated carbocycles. The summed E-state index contributed by atoms with van der Waals surface area (Å²) in [6, 6.07) is 12.2. The minimum atomic E-state index is -1.07. The first-order chi connectivity index (χ1) is 11.5. The van der Waals surface area contributed by atoms with E-state index < -0.39 is 15.0 Å². The van der Waals surface area contributed by atoms with Crippen LogP contribution in [0.5, 0.6) is 0 Å². The van der Waals surface area contributed by atoms with Crippen molar-refractivity contribution in [3.63, 3.8) is 0 Å². The van der Waals surface area contributed by atoms with Crippen LogP contribution >= 0.6 is 35.1 Å². The first-order valence-corrected chi connectivity index (χ1v) is 10.1. The zero-order valence-corrected chi connectivity index (χ0v) is 15.8. The Kier molecular flexibility index (Phi) is 4.28. The number of nitrogens with two attached hydrogens (primary N) is 1. The third-order valence-electron chi connectivity index (χ3n) is 4.79. The summed E-state index contributed by atoms with van der Waals surface area (Å²) in [5.74, 6) is 1.54. The van der Waals surface area contributed by atoms with Gasteiger partial charge in [-0.2, -0.15) is 10.5 Å². The highest BCUT2D eigenvalue weighted by atomic mass is 35.5. The average Bonchev–Trinajstić information content (AvgIpc) is 3.14. The summed E-state index contributed by atoms with van der Waals surface area (Å²) in [4.78, 5) is 4.66. The van der Waals surface area contributed by atoms with E-state index in [1.807, 2.05) is 32.0 Å². The summed E-state index contributed by atoms with van der Waals surface area (Å²) in [6.45, 7) is 4.06. The fraction of sp³-hybridized carbons (Fsp3) is 0.471. The molecule has 3 unspecified atom stereocenters. The van der Waals surface area contributed by atoms with E-state index >= 15 is 0 Å². The zero-order valence-electron chi connectivity index (χ0n) is 13.4. The second-order valence-corrected chi connectivity index (χ2v) is 9.38. The molecule has 0 saturated heterocycles. The maximum atomic E-state index is 10.2. The lowest BCUT2D eigenvalue weighted by Crippen LogP contribution is -2.31. The molecule has 0 bridgehead atoms. The predicted octanol–water partition coefficient (Wildman–Crippen LogP) is 3.99. The van der Waals surface area contributed by atoms with E-state index in [1.165, 1.54) is 0 Å². The van der Waals surface area contributed by atoms with Crippen molar-refractivity contribution in [2.24, 2.45) is 21.6 Å². The van der Waals surface area contributed by atoms with Gasteiger partial charge < -0.3 is 5.73 Å². The van der Waals surface area contributed by atoms with Crippen LogP contribution < -0.4 is 5.73 Å². The molecule has 24 heavy (non-hydrogen) atoms.